The van der Waals surface area contributed by atoms with Crippen LogP contribution < -0.4 is 16.4 Å². The summed E-state index contributed by atoms with van der Waals surface area (Å²) in [7, 11) is -3.13. The number of aromatic nitrogens is 2. The molecule has 2 rings (SSSR count). The predicted molar refractivity (Wildman–Crippen MR) is 82.6 cm³/mol. The third-order valence-corrected chi connectivity index (χ3v) is 5.06. The smallest absolute Gasteiger partial charge is 0.272 e. The van der Waals surface area contributed by atoms with E-state index in [0.717, 1.165) is 0 Å². The van der Waals surface area contributed by atoms with Crippen LogP contribution in [0.15, 0.2) is 27.8 Å². The molecule has 0 aliphatic carbocycles. The molecule has 1 unspecified atom stereocenters. The van der Waals surface area contributed by atoms with E-state index < -0.39 is 21.0 Å². The Morgan fingerprint density at radius 1 is 1.19 bits per heavy atom. The maximum atomic E-state index is 11.9. The highest BCUT2D eigenvalue weighted by Gasteiger charge is 2.15. The van der Waals surface area contributed by atoms with Gasteiger partial charge >= 0.3 is 0 Å². The minimum absolute atomic E-state index is 0.0407. The van der Waals surface area contributed by atoms with Gasteiger partial charge in [-0.1, -0.05) is 13.0 Å². The highest BCUT2D eigenvalue weighted by molar-refractivity contribution is 7.91. The first-order valence-electron chi connectivity index (χ1n) is 6.54. The van der Waals surface area contributed by atoms with Gasteiger partial charge in [-0.25, -0.2) is 8.42 Å². The lowest BCUT2D eigenvalue weighted by Crippen LogP contribution is -2.28. The molecule has 1 atom stereocenters. The molecule has 3 N–H and O–H groups in total. The highest BCUT2D eigenvalue weighted by atomic mass is 32.2. The molecule has 0 spiro atoms. The number of hydrogen-bond acceptors (Lipinski definition) is 5. The molecule has 7 nitrogen and oxygen atoms in total. The Balaban J connectivity index is 2.42. The summed E-state index contributed by atoms with van der Waals surface area (Å²) < 4.78 is 23.2. The first-order chi connectivity index (χ1) is 9.84. The van der Waals surface area contributed by atoms with Crippen molar-refractivity contribution >= 4 is 26.3 Å². The Bertz CT molecular complexity index is 867. The van der Waals surface area contributed by atoms with Gasteiger partial charge in [0, 0.05) is 17.5 Å². The SMILES string of the molecule is CCS(=O)(=O)CC(C)Nc1cccc2c(=O)[nH][nH]c(=O)c12. The van der Waals surface area contributed by atoms with Crippen molar-refractivity contribution < 1.29 is 8.42 Å². The fraction of sp³-hybridized carbons (Fsp3) is 0.385. The van der Waals surface area contributed by atoms with Crippen LogP contribution in [0, 0.1) is 0 Å². The van der Waals surface area contributed by atoms with Crippen LogP contribution in [0.3, 0.4) is 0 Å². The summed E-state index contributed by atoms with van der Waals surface area (Å²) >= 11 is 0. The average molecular weight is 311 g/mol. The van der Waals surface area contributed by atoms with Crippen LogP contribution in [0.2, 0.25) is 0 Å². The van der Waals surface area contributed by atoms with E-state index >= 15 is 0 Å². The van der Waals surface area contributed by atoms with Crippen LogP contribution in [0.4, 0.5) is 5.69 Å². The molecule has 0 aliphatic rings. The summed E-state index contributed by atoms with van der Waals surface area (Å²) in [6, 6.07) is 4.45. The summed E-state index contributed by atoms with van der Waals surface area (Å²) in [6.07, 6.45) is 0. The molecule has 21 heavy (non-hydrogen) atoms. The molecule has 0 saturated carbocycles. The zero-order valence-corrected chi connectivity index (χ0v) is 12.6. The predicted octanol–water partition coefficient (Wildman–Crippen LogP) is 0.451. The van der Waals surface area contributed by atoms with Crippen LogP contribution in [0.25, 0.3) is 10.8 Å². The van der Waals surface area contributed by atoms with Crippen LogP contribution in [0.1, 0.15) is 13.8 Å². The first kappa shape index (κ1) is 15.3. The number of hydrogen-bond donors (Lipinski definition) is 3. The minimum Gasteiger partial charge on any atom is -0.381 e. The van der Waals surface area contributed by atoms with Crippen LogP contribution in [-0.4, -0.2) is 36.2 Å². The van der Waals surface area contributed by atoms with Crippen molar-refractivity contribution in [2.45, 2.75) is 19.9 Å². The van der Waals surface area contributed by atoms with Gasteiger partial charge < -0.3 is 5.32 Å². The fourth-order valence-corrected chi connectivity index (χ4v) is 3.24. The number of anilines is 1. The number of rotatable bonds is 5. The molecular weight excluding hydrogens is 294 g/mol. The topological polar surface area (TPSA) is 112 Å². The molecule has 114 valence electrons. The third kappa shape index (κ3) is 3.33. The minimum atomic E-state index is -3.13. The summed E-state index contributed by atoms with van der Waals surface area (Å²) in [5.41, 5.74) is -0.390. The Morgan fingerprint density at radius 2 is 1.86 bits per heavy atom. The van der Waals surface area contributed by atoms with Gasteiger partial charge in [0.25, 0.3) is 11.1 Å². The molecule has 0 saturated heterocycles. The van der Waals surface area contributed by atoms with Crippen molar-refractivity contribution in [2.24, 2.45) is 0 Å². The Morgan fingerprint density at radius 3 is 2.52 bits per heavy atom. The Hall–Kier alpha value is -2.09. The largest absolute Gasteiger partial charge is 0.381 e. The summed E-state index contributed by atoms with van der Waals surface area (Å²) in [4.78, 5) is 23.6. The number of sulfone groups is 1. The highest BCUT2D eigenvalue weighted by Crippen LogP contribution is 2.18. The van der Waals surface area contributed by atoms with Gasteiger partial charge in [0.05, 0.1) is 16.5 Å². The van der Waals surface area contributed by atoms with Crippen molar-refractivity contribution in [1.29, 1.82) is 0 Å². The van der Waals surface area contributed by atoms with Crippen molar-refractivity contribution in [3.05, 3.63) is 38.9 Å². The van der Waals surface area contributed by atoms with E-state index in [1.807, 2.05) is 0 Å². The van der Waals surface area contributed by atoms with E-state index in [1.54, 1.807) is 32.0 Å². The second kappa shape index (κ2) is 5.72. The van der Waals surface area contributed by atoms with Gasteiger partial charge in [0.1, 0.15) is 0 Å². The van der Waals surface area contributed by atoms with Crippen molar-refractivity contribution in [3.8, 4) is 0 Å². The van der Waals surface area contributed by atoms with E-state index in [9.17, 15) is 18.0 Å². The Kier molecular flexibility index (Phi) is 4.17. The molecule has 0 aliphatic heterocycles. The van der Waals surface area contributed by atoms with E-state index in [-0.39, 0.29) is 28.3 Å². The number of H-pyrrole nitrogens is 2. The van der Waals surface area contributed by atoms with Gasteiger partial charge in [-0.2, -0.15) is 0 Å². The van der Waals surface area contributed by atoms with E-state index in [1.165, 1.54) is 0 Å². The normalized spacial score (nSPS) is 13.2. The number of benzene rings is 1. The van der Waals surface area contributed by atoms with Gasteiger partial charge in [-0.15, -0.1) is 0 Å². The zero-order valence-electron chi connectivity index (χ0n) is 11.8. The molecule has 0 amide bonds. The van der Waals surface area contributed by atoms with Gasteiger partial charge in [-0.3, -0.25) is 19.8 Å². The average Bonchev–Trinajstić information content (AvgIpc) is 2.42. The summed E-state index contributed by atoms with van der Waals surface area (Å²) in [5, 5.41) is 7.99. The molecule has 1 aromatic carbocycles. The van der Waals surface area contributed by atoms with Crippen molar-refractivity contribution in [2.75, 3.05) is 16.8 Å². The van der Waals surface area contributed by atoms with Crippen LogP contribution in [-0.2, 0) is 9.84 Å². The number of nitrogens with one attached hydrogen (secondary N) is 3. The maximum absolute atomic E-state index is 11.9. The van der Waals surface area contributed by atoms with Crippen LogP contribution >= 0.6 is 0 Å². The molecule has 0 fully saturated rings. The molecule has 1 heterocycles. The molecule has 0 bridgehead atoms. The summed E-state index contributed by atoms with van der Waals surface area (Å²) in [5.74, 6) is 0.0236. The van der Waals surface area contributed by atoms with E-state index in [0.29, 0.717) is 5.69 Å². The van der Waals surface area contributed by atoms with Crippen molar-refractivity contribution in [1.82, 2.24) is 10.2 Å². The molecule has 8 heteroatoms. The second-order valence-corrected chi connectivity index (χ2v) is 7.28. The molecule has 1 aromatic heterocycles. The Labute approximate surface area is 121 Å². The third-order valence-electron chi connectivity index (χ3n) is 3.17. The number of fused-ring (bicyclic) bond motifs is 1. The van der Waals surface area contributed by atoms with Gasteiger partial charge in [-0.05, 0) is 19.1 Å². The monoisotopic (exact) mass is 311 g/mol. The second-order valence-electron chi connectivity index (χ2n) is 4.88. The zero-order chi connectivity index (χ0) is 15.6. The van der Waals surface area contributed by atoms with Crippen LogP contribution in [0.5, 0.6) is 0 Å². The van der Waals surface area contributed by atoms with E-state index in [4.69, 9.17) is 0 Å². The van der Waals surface area contributed by atoms with Gasteiger partial charge in [0.2, 0.25) is 0 Å². The summed E-state index contributed by atoms with van der Waals surface area (Å²) in [6.45, 7) is 3.30. The lowest BCUT2D eigenvalue weighted by Gasteiger charge is -2.16. The molecular formula is C13H17N3O4S. The molecule has 0 radical (unpaired) electrons. The quantitative estimate of drug-likeness (QED) is 0.742. The van der Waals surface area contributed by atoms with Gasteiger partial charge in [0.15, 0.2) is 9.84 Å². The molecule has 2 aromatic rings. The fourth-order valence-electron chi connectivity index (χ4n) is 2.16. The van der Waals surface area contributed by atoms with E-state index in [2.05, 4.69) is 15.5 Å². The standard InChI is InChI=1S/C13H17N3O4S/c1-3-21(19,20)7-8(2)14-10-6-4-5-9-11(10)13(18)16-15-12(9)17/h4-6,8,14H,3,7H2,1-2H3,(H,15,17)(H,16,18). The first-order valence-corrected chi connectivity index (χ1v) is 8.37. The maximum Gasteiger partial charge on any atom is 0.272 e. The lowest BCUT2D eigenvalue weighted by molar-refractivity contribution is 0.593. The number of aromatic amines is 2. The van der Waals surface area contributed by atoms with Crippen molar-refractivity contribution in [3.63, 3.8) is 0 Å². The lowest BCUT2D eigenvalue weighted by atomic mass is 10.1.